The maximum atomic E-state index is 4.57. The minimum atomic E-state index is 0.806. The molecule has 126 valence electrons. The maximum Gasteiger partial charge on any atom is 0.115 e. The molecule has 0 atom stereocenters. The lowest BCUT2D eigenvalue weighted by Gasteiger charge is -2.13. The summed E-state index contributed by atoms with van der Waals surface area (Å²) in [6.45, 7) is 4.01. The number of fused-ring (bicyclic) bond motifs is 4. The van der Waals surface area contributed by atoms with E-state index < -0.39 is 0 Å². The minimum Gasteiger partial charge on any atom is -0.173 e. The third kappa shape index (κ3) is 1.72. The molecule has 0 bridgehead atoms. The Kier molecular flexibility index (Phi) is 2.93. The van der Waals surface area contributed by atoms with E-state index in [0.29, 0.717) is 0 Å². The zero-order chi connectivity index (χ0) is 17.4. The van der Waals surface area contributed by atoms with Gasteiger partial charge in [0.05, 0.1) is 46.2 Å². The Hall–Kier alpha value is -2.28. The molecule has 26 heavy (non-hydrogen) atoms. The molecule has 2 aromatic carbocycles. The smallest absolute Gasteiger partial charge is 0.115 e. The van der Waals surface area contributed by atoms with E-state index in [0.717, 1.165) is 67.1 Å². The molecule has 12 heteroatoms. The number of benzene rings is 2. The van der Waals surface area contributed by atoms with Crippen LogP contribution in [0.15, 0.2) is 17.5 Å². The molecule has 4 heterocycles. The third-order valence-electron chi connectivity index (χ3n) is 4.57. The van der Waals surface area contributed by atoms with E-state index in [1.807, 2.05) is 13.8 Å². The highest BCUT2D eigenvalue weighted by Crippen LogP contribution is 2.55. The summed E-state index contributed by atoms with van der Waals surface area (Å²) in [4.78, 5) is 0. The molecular weight excluding hydrogens is 408 g/mol. The van der Waals surface area contributed by atoms with Crippen molar-refractivity contribution in [2.75, 3.05) is 0 Å². The van der Waals surface area contributed by atoms with Crippen LogP contribution in [-0.2, 0) is 22.7 Å². The molecule has 0 fully saturated rings. The molecule has 0 N–H and O–H groups in total. The molecular formula is C14H6N8S4. The molecule has 6 rings (SSSR count). The summed E-state index contributed by atoms with van der Waals surface area (Å²) in [5, 5.41) is 0. The van der Waals surface area contributed by atoms with Crippen LogP contribution in [0, 0.1) is 13.8 Å². The van der Waals surface area contributed by atoms with Gasteiger partial charge in [-0.1, -0.05) is 0 Å². The molecule has 8 nitrogen and oxygen atoms in total. The Morgan fingerprint density at radius 3 is 1.35 bits per heavy atom. The van der Waals surface area contributed by atoms with Crippen molar-refractivity contribution in [2.24, 2.45) is 17.5 Å². The van der Waals surface area contributed by atoms with Gasteiger partial charge in [0.15, 0.2) is 0 Å². The fourth-order valence-corrected chi connectivity index (χ4v) is 5.74. The topological polar surface area (TPSA) is 101 Å². The van der Waals surface area contributed by atoms with Crippen LogP contribution >= 0.6 is 23.5 Å². The highest BCUT2D eigenvalue weighted by atomic mass is 32.1. The maximum absolute atomic E-state index is 4.57. The van der Waals surface area contributed by atoms with Crippen LogP contribution in [0.5, 0.6) is 0 Å². The van der Waals surface area contributed by atoms with Crippen molar-refractivity contribution in [3.05, 3.63) is 11.1 Å². The first-order valence-electron chi connectivity index (χ1n) is 7.50. The van der Waals surface area contributed by atoms with Crippen LogP contribution in [-0.4, -0.2) is 17.5 Å². The van der Waals surface area contributed by atoms with Gasteiger partial charge in [-0.3, -0.25) is 0 Å². The summed E-state index contributed by atoms with van der Waals surface area (Å²) < 4.78 is 36.2. The number of aromatic nitrogens is 4. The average Bonchev–Trinajstić information content (AvgIpc) is 3.43. The number of nitrogens with zero attached hydrogens (tertiary/aromatic N) is 8. The summed E-state index contributed by atoms with van der Waals surface area (Å²) in [5.74, 6) is 0. The largest absolute Gasteiger partial charge is 0.173 e. The predicted octanol–water partition coefficient (Wildman–Crippen LogP) is 5.43. The summed E-state index contributed by atoms with van der Waals surface area (Å²) >= 11 is 4.76. The van der Waals surface area contributed by atoms with E-state index in [1.165, 1.54) is 46.2 Å². The second-order valence-corrected chi connectivity index (χ2v) is 7.96. The van der Waals surface area contributed by atoms with Crippen molar-refractivity contribution >= 4 is 91.0 Å². The molecule has 0 saturated heterocycles. The molecule has 0 aliphatic carbocycles. The number of aryl methyl sites for hydroxylation is 2. The Bertz CT molecular complexity index is 1320. The van der Waals surface area contributed by atoms with E-state index in [9.17, 15) is 0 Å². The van der Waals surface area contributed by atoms with Crippen molar-refractivity contribution < 1.29 is 0 Å². The Morgan fingerprint density at radius 2 is 0.885 bits per heavy atom. The van der Waals surface area contributed by atoms with Crippen LogP contribution < -0.4 is 0 Å². The molecule has 2 aliphatic rings. The summed E-state index contributed by atoms with van der Waals surface area (Å²) in [6.07, 6.45) is 0. The van der Waals surface area contributed by atoms with Crippen molar-refractivity contribution in [1.82, 2.24) is 17.5 Å². The molecule has 0 unspecified atom stereocenters. The van der Waals surface area contributed by atoms with Gasteiger partial charge in [-0.25, -0.2) is 0 Å². The second kappa shape index (κ2) is 5.13. The fourth-order valence-electron chi connectivity index (χ4n) is 3.32. The van der Waals surface area contributed by atoms with Gasteiger partial charge in [-0.05, 0) is 13.8 Å². The SMILES string of the molecule is Cc1c2c(c(-c3c4c(c(C)c5nsnc35)N=S=N4)c3nsnc13)N=S=N2. The van der Waals surface area contributed by atoms with Crippen molar-refractivity contribution in [3.8, 4) is 11.1 Å². The van der Waals surface area contributed by atoms with E-state index >= 15 is 0 Å². The van der Waals surface area contributed by atoms with Crippen LogP contribution in [0.4, 0.5) is 22.7 Å². The lowest BCUT2D eigenvalue weighted by Crippen LogP contribution is -1.90. The van der Waals surface area contributed by atoms with E-state index in [4.69, 9.17) is 0 Å². The van der Waals surface area contributed by atoms with Gasteiger partial charge >= 0.3 is 0 Å². The molecule has 0 spiro atoms. The van der Waals surface area contributed by atoms with Crippen LogP contribution in [0.3, 0.4) is 0 Å². The predicted molar refractivity (Wildman–Crippen MR) is 106 cm³/mol. The van der Waals surface area contributed by atoms with Crippen molar-refractivity contribution in [3.63, 3.8) is 0 Å². The van der Waals surface area contributed by atoms with E-state index in [1.54, 1.807) is 0 Å². The quantitative estimate of drug-likeness (QED) is 0.358. The van der Waals surface area contributed by atoms with Gasteiger partial charge in [0.2, 0.25) is 0 Å². The van der Waals surface area contributed by atoms with Crippen LogP contribution in [0.2, 0.25) is 0 Å². The van der Waals surface area contributed by atoms with E-state index in [-0.39, 0.29) is 0 Å². The van der Waals surface area contributed by atoms with Crippen molar-refractivity contribution in [1.29, 1.82) is 0 Å². The lowest BCUT2D eigenvalue weighted by atomic mass is 9.93. The highest BCUT2D eigenvalue weighted by Gasteiger charge is 2.30. The molecule has 0 amide bonds. The molecule has 0 radical (unpaired) electrons. The zero-order valence-corrected chi connectivity index (χ0v) is 16.5. The molecule has 2 aromatic heterocycles. The average molecular weight is 415 g/mol. The van der Waals surface area contributed by atoms with Crippen molar-refractivity contribution in [2.45, 2.75) is 13.8 Å². The zero-order valence-electron chi connectivity index (χ0n) is 13.2. The summed E-state index contributed by atoms with van der Waals surface area (Å²) in [7, 11) is 0. The number of hydrogen-bond donors (Lipinski definition) is 0. The minimum absolute atomic E-state index is 0.806. The molecule has 4 aromatic rings. The molecule has 0 saturated carbocycles. The van der Waals surface area contributed by atoms with E-state index in [2.05, 4.69) is 34.9 Å². The van der Waals surface area contributed by atoms with Gasteiger partial charge in [-0.15, -0.1) is 0 Å². The van der Waals surface area contributed by atoms with Gasteiger partial charge in [0, 0.05) is 22.3 Å². The van der Waals surface area contributed by atoms with Gasteiger partial charge in [0.25, 0.3) is 0 Å². The number of hydrogen-bond acceptors (Lipinski definition) is 10. The molecule has 2 aliphatic heterocycles. The summed E-state index contributed by atoms with van der Waals surface area (Å²) in [6, 6.07) is 0. The van der Waals surface area contributed by atoms with Gasteiger partial charge in [-0.2, -0.15) is 34.9 Å². The first-order valence-corrected chi connectivity index (χ1v) is 10.4. The first kappa shape index (κ1) is 14.8. The Labute approximate surface area is 161 Å². The highest BCUT2D eigenvalue weighted by molar-refractivity contribution is 7.58. The normalized spacial score (nSPS) is 14.1. The van der Waals surface area contributed by atoms with Crippen LogP contribution in [0.1, 0.15) is 11.1 Å². The fraction of sp³-hybridized carbons (Fsp3) is 0.143. The summed E-state index contributed by atoms with van der Waals surface area (Å²) in [5.41, 5.74) is 10.3. The Morgan fingerprint density at radius 1 is 0.500 bits per heavy atom. The monoisotopic (exact) mass is 414 g/mol. The Balaban J connectivity index is 1.89. The van der Waals surface area contributed by atoms with Gasteiger partial charge in [0.1, 0.15) is 44.8 Å². The first-order chi connectivity index (χ1) is 12.8. The van der Waals surface area contributed by atoms with Gasteiger partial charge < -0.3 is 0 Å². The second-order valence-electron chi connectivity index (χ2n) is 5.85. The number of rotatable bonds is 1. The standard InChI is InChI=1S/C14H6N8S4/c1-3-7-11(19-23-15-7)5(12-8(3)16-24-20-12)6-13-9(17-25-21-13)4(2)10-14(6)22-26-18-10/h1-2H3. The van der Waals surface area contributed by atoms with Crippen LogP contribution in [0.25, 0.3) is 33.2 Å². The third-order valence-corrected chi connectivity index (χ3v) is 6.69. The lowest BCUT2D eigenvalue weighted by molar-refractivity contribution is 1.41.